The van der Waals surface area contributed by atoms with Gasteiger partial charge >= 0.3 is 0 Å². The number of rotatable bonds is 7. The fourth-order valence-electron chi connectivity index (χ4n) is 2.88. The average molecular weight is 356 g/mol. The lowest BCUT2D eigenvalue weighted by Gasteiger charge is -2.15. The van der Waals surface area contributed by atoms with Crippen molar-refractivity contribution in [3.8, 4) is 29.4 Å². The van der Waals surface area contributed by atoms with Gasteiger partial charge in [0.1, 0.15) is 12.4 Å². The fourth-order valence-corrected chi connectivity index (χ4v) is 2.88. The third-order valence-corrected chi connectivity index (χ3v) is 4.25. The van der Waals surface area contributed by atoms with E-state index in [4.69, 9.17) is 4.74 Å². The first-order valence-electron chi connectivity index (χ1n) is 9.08. The number of aromatic amines is 1. The summed E-state index contributed by atoms with van der Waals surface area (Å²) in [5.74, 6) is 13.0. The smallest absolute Gasteiger partial charge is 0.120 e. The van der Waals surface area contributed by atoms with Gasteiger partial charge in [-0.05, 0) is 43.7 Å². The van der Waals surface area contributed by atoms with Crippen molar-refractivity contribution in [2.75, 3.05) is 13.1 Å². The number of ether oxygens (including phenoxy) is 1. The fraction of sp³-hybridized carbons (Fsp3) is 0.250. The zero-order valence-electron chi connectivity index (χ0n) is 15.9. The van der Waals surface area contributed by atoms with Crippen LogP contribution in [0.2, 0.25) is 0 Å². The topological polar surface area (TPSA) is 28.3 Å². The summed E-state index contributed by atoms with van der Waals surface area (Å²) in [6.45, 7) is 6.52. The number of aromatic nitrogens is 1. The van der Waals surface area contributed by atoms with Crippen molar-refractivity contribution in [1.29, 1.82) is 0 Å². The van der Waals surface area contributed by atoms with Crippen LogP contribution >= 0.6 is 0 Å². The second-order valence-electron chi connectivity index (χ2n) is 6.32. The second kappa shape index (κ2) is 9.53. The van der Waals surface area contributed by atoms with E-state index in [1.807, 2.05) is 38.1 Å². The number of fused-ring (bicyclic) bond motifs is 1. The first kappa shape index (κ1) is 18.6. The Morgan fingerprint density at radius 3 is 2.37 bits per heavy atom. The van der Waals surface area contributed by atoms with E-state index in [0.717, 1.165) is 34.5 Å². The maximum Gasteiger partial charge on any atom is 0.120 e. The highest BCUT2D eigenvalue weighted by atomic mass is 16.5. The van der Waals surface area contributed by atoms with Gasteiger partial charge in [-0.1, -0.05) is 42.2 Å². The molecule has 1 heterocycles. The Labute approximate surface area is 161 Å². The molecule has 0 fully saturated rings. The minimum absolute atomic E-state index is 0.572. The molecule has 0 radical (unpaired) electrons. The molecule has 0 bridgehead atoms. The molecule has 0 saturated heterocycles. The zero-order valence-corrected chi connectivity index (χ0v) is 15.9. The van der Waals surface area contributed by atoms with Crippen molar-refractivity contribution in [1.82, 2.24) is 9.88 Å². The van der Waals surface area contributed by atoms with Crippen molar-refractivity contribution in [3.05, 3.63) is 65.9 Å². The van der Waals surface area contributed by atoms with Gasteiger partial charge in [-0.15, -0.1) is 11.8 Å². The molecular formula is C24H24N2O. The predicted molar refractivity (Wildman–Crippen MR) is 111 cm³/mol. The molecule has 0 atom stereocenters. The molecule has 0 aliphatic heterocycles. The summed E-state index contributed by atoms with van der Waals surface area (Å²) in [6, 6.07) is 18.5. The van der Waals surface area contributed by atoms with Gasteiger partial charge in [0.25, 0.3) is 0 Å². The molecule has 0 unspecified atom stereocenters. The van der Waals surface area contributed by atoms with Crippen LogP contribution in [0.1, 0.15) is 25.1 Å². The van der Waals surface area contributed by atoms with Crippen molar-refractivity contribution < 1.29 is 4.74 Å². The lowest BCUT2D eigenvalue weighted by atomic mass is 10.2. The van der Waals surface area contributed by atoms with Gasteiger partial charge in [0.15, 0.2) is 0 Å². The van der Waals surface area contributed by atoms with Gasteiger partial charge in [-0.3, -0.25) is 4.90 Å². The van der Waals surface area contributed by atoms with Crippen LogP contribution in [-0.4, -0.2) is 23.0 Å². The Hall–Kier alpha value is -3.14. The minimum atomic E-state index is 0.572. The summed E-state index contributed by atoms with van der Waals surface area (Å²) in [5.41, 5.74) is 3.43. The molecular weight excluding hydrogens is 332 g/mol. The van der Waals surface area contributed by atoms with Gasteiger partial charge in [-0.25, -0.2) is 0 Å². The SMILES string of the molecule is CC#CCN(CC#CC)Cc1cc2cc(OCc3ccccc3)ccc2[nH]1. The lowest BCUT2D eigenvalue weighted by Crippen LogP contribution is -2.24. The first-order valence-corrected chi connectivity index (χ1v) is 9.08. The number of H-pyrrole nitrogens is 1. The largest absolute Gasteiger partial charge is 0.489 e. The maximum absolute atomic E-state index is 5.94. The van der Waals surface area contributed by atoms with Gasteiger partial charge < -0.3 is 9.72 Å². The van der Waals surface area contributed by atoms with Gasteiger partial charge in [0, 0.05) is 23.1 Å². The summed E-state index contributed by atoms with van der Waals surface area (Å²) < 4.78 is 5.94. The van der Waals surface area contributed by atoms with E-state index in [1.54, 1.807) is 0 Å². The molecule has 0 aliphatic rings. The van der Waals surface area contributed by atoms with Crippen LogP contribution in [0, 0.1) is 23.7 Å². The van der Waals surface area contributed by atoms with E-state index < -0.39 is 0 Å². The second-order valence-corrected chi connectivity index (χ2v) is 6.32. The Kier molecular flexibility index (Phi) is 6.58. The molecule has 3 heteroatoms. The maximum atomic E-state index is 5.94. The first-order chi connectivity index (χ1) is 13.3. The van der Waals surface area contributed by atoms with Crippen LogP contribution in [-0.2, 0) is 13.2 Å². The number of hydrogen-bond donors (Lipinski definition) is 1. The Morgan fingerprint density at radius 2 is 1.67 bits per heavy atom. The number of hydrogen-bond acceptors (Lipinski definition) is 2. The van der Waals surface area contributed by atoms with Crippen molar-refractivity contribution in [3.63, 3.8) is 0 Å². The van der Waals surface area contributed by atoms with E-state index in [9.17, 15) is 0 Å². The van der Waals surface area contributed by atoms with Crippen LogP contribution in [0.4, 0.5) is 0 Å². The predicted octanol–water partition coefficient (Wildman–Crippen LogP) is 4.60. The molecule has 3 nitrogen and oxygen atoms in total. The molecule has 3 aromatic rings. The van der Waals surface area contributed by atoms with Crippen molar-refractivity contribution in [2.24, 2.45) is 0 Å². The molecule has 1 aromatic heterocycles. The number of nitrogens with one attached hydrogen (secondary N) is 1. The highest BCUT2D eigenvalue weighted by Crippen LogP contribution is 2.23. The monoisotopic (exact) mass is 356 g/mol. The summed E-state index contributed by atoms with van der Waals surface area (Å²) in [6.07, 6.45) is 0. The van der Waals surface area contributed by atoms with E-state index in [2.05, 4.69) is 63.9 Å². The quantitative estimate of drug-likeness (QED) is 0.627. The number of benzene rings is 2. The van der Waals surface area contributed by atoms with Gasteiger partial charge in [0.2, 0.25) is 0 Å². The minimum Gasteiger partial charge on any atom is -0.489 e. The highest BCUT2D eigenvalue weighted by molar-refractivity contribution is 5.81. The summed E-state index contributed by atoms with van der Waals surface area (Å²) in [4.78, 5) is 5.71. The molecule has 1 N–H and O–H groups in total. The summed E-state index contributed by atoms with van der Waals surface area (Å²) >= 11 is 0. The normalized spacial score (nSPS) is 10.2. The Bertz CT molecular complexity index is 975. The summed E-state index contributed by atoms with van der Waals surface area (Å²) in [7, 11) is 0. The van der Waals surface area contributed by atoms with Crippen LogP contribution in [0.25, 0.3) is 10.9 Å². The van der Waals surface area contributed by atoms with Gasteiger partial charge in [-0.2, -0.15) is 0 Å². The Balaban J connectivity index is 1.70. The molecule has 0 saturated carbocycles. The Morgan fingerprint density at radius 1 is 0.926 bits per heavy atom. The molecule has 136 valence electrons. The lowest BCUT2D eigenvalue weighted by molar-refractivity contribution is 0.306. The van der Waals surface area contributed by atoms with Crippen LogP contribution in [0.5, 0.6) is 5.75 Å². The van der Waals surface area contributed by atoms with E-state index >= 15 is 0 Å². The molecule has 3 rings (SSSR count). The van der Waals surface area contributed by atoms with Crippen LogP contribution < -0.4 is 4.74 Å². The molecule has 0 aliphatic carbocycles. The van der Waals surface area contributed by atoms with Crippen molar-refractivity contribution >= 4 is 10.9 Å². The summed E-state index contributed by atoms with van der Waals surface area (Å²) in [5, 5.41) is 1.15. The van der Waals surface area contributed by atoms with E-state index in [0.29, 0.717) is 19.7 Å². The van der Waals surface area contributed by atoms with E-state index in [-0.39, 0.29) is 0 Å². The number of nitrogens with zero attached hydrogens (tertiary/aromatic N) is 1. The van der Waals surface area contributed by atoms with Crippen molar-refractivity contribution in [2.45, 2.75) is 27.0 Å². The highest BCUT2D eigenvalue weighted by Gasteiger charge is 2.07. The molecule has 0 amide bonds. The van der Waals surface area contributed by atoms with Crippen LogP contribution in [0.15, 0.2) is 54.6 Å². The van der Waals surface area contributed by atoms with E-state index in [1.165, 1.54) is 0 Å². The third-order valence-electron chi connectivity index (χ3n) is 4.25. The average Bonchev–Trinajstić information content (AvgIpc) is 3.10. The van der Waals surface area contributed by atoms with Crippen LogP contribution in [0.3, 0.4) is 0 Å². The molecule has 0 spiro atoms. The molecule has 2 aromatic carbocycles. The van der Waals surface area contributed by atoms with Gasteiger partial charge in [0.05, 0.1) is 13.1 Å². The zero-order chi connectivity index (χ0) is 18.9. The standard InChI is InChI=1S/C24H24N2O/c1-3-5-14-26(15-6-4-2)18-22-16-21-17-23(12-13-24(21)25-22)27-19-20-10-8-7-9-11-20/h7-13,16-17,25H,14-15,18-19H2,1-2H3. The third kappa shape index (κ3) is 5.42. The molecule has 27 heavy (non-hydrogen) atoms.